The van der Waals surface area contributed by atoms with Crippen molar-refractivity contribution in [1.82, 2.24) is 0 Å². The van der Waals surface area contributed by atoms with Gasteiger partial charge in [0.05, 0.1) is 0 Å². The summed E-state index contributed by atoms with van der Waals surface area (Å²) in [6.45, 7) is 20.8. The fraction of sp³-hybridized carbons (Fsp3) is 0.526. The maximum absolute atomic E-state index is 9.92. The Morgan fingerprint density at radius 2 is 1.24 bits per heavy atom. The van der Waals surface area contributed by atoms with Gasteiger partial charge >= 0.3 is 8.60 Å². The lowest BCUT2D eigenvalue weighted by Gasteiger charge is -2.38. The molecular weight excluding hydrogens is 535 g/mol. The summed E-state index contributed by atoms with van der Waals surface area (Å²) in [7, 11) is -2.53. The minimum atomic E-state index is -2.53. The van der Waals surface area contributed by atoms with Crippen LogP contribution in [0.25, 0.3) is 0 Å². The monoisotopic (exact) mass is 590 g/mol. The van der Waals surface area contributed by atoms with Crippen molar-refractivity contribution in [3.8, 4) is 5.75 Å². The van der Waals surface area contributed by atoms with Gasteiger partial charge in [0, 0.05) is 16.9 Å². The molecule has 0 fully saturated rings. The van der Waals surface area contributed by atoms with Gasteiger partial charge in [0.15, 0.2) is 0 Å². The lowest BCUT2D eigenvalue weighted by atomic mass is 9.66. The van der Waals surface area contributed by atoms with E-state index >= 15 is 0 Å². The second-order valence-electron chi connectivity index (χ2n) is 14.5. The zero-order valence-electron chi connectivity index (χ0n) is 27.6. The highest BCUT2D eigenvalue weighted by molar-refractivity contribution is 7.39. The second-order valence-corrected chi connectivity index (χ2v) is 15.2. The van der Waals surface area contributed by atoms with Gasteiger partial charge in [-0.25, -0.2) is 0 Å². The van der Waals surface area contributed by atoms with E-state index in [-0.39, 0.29) is 22.2 Å². The van der Waals surface area contributed by atoms with Crippen molar-refractivity contribution in [1.29, 1.82) is 0 Å². The summed E-state index contributed by atoms with van der Waals surface area (Å²) >= 11 is 0. The van der Waals surface area contributed by atoms with Crippen molar-refractivity contribution in [3.63, 3.8) is 0 Å². The zero-order valence-corrected chi connectivity index (χ0v) is 28.5. The highest BCUT2D eigenvalue weighted by atomic mass is 31.2. The summed E-state index contributed by atoms with van der Waals surface area (Å²) in [5, 5.41) is 0. The number of para-hydroxylation sites is 1. The van der Waals surface area contributed by atoms with Crippen LogP contribution in [0.5, 0.6) is 5.75 Å². The Kier molecular flexibility index (Phi) is 11.9. The average Bonchev–Trinajstić information content (AvgIpc) is 2.92. The topological polar surface area (TPSA) is 49.7 Å². The molecule has 0 bridgehead atoms. The van der Waals surface area contributed by atoms with Crippen LogP contribution in [0.3, 0.4) is 0 Å². The summed E-state index contributed by atoms with van der Waals surface area (Å²) in [6, 6.07) is 23.7. The van der Waals surface area contributed by atoms with Crippen LogP contribution < -0.4 is 4.52 Å². The Morgan fingerprint density at radius 1 is 0.667 bits per heavy atom. The van der Waals surface area contributed by atoms with E-state index in [2.05, 4.69) is 117 Å². The van der Waals surface area contributed by atoms with Gasteiger partial charge in [0.2, 0.25) is 0 Å². The molecular formula is C38H55O3P. The molecule has 3 aromatic rings. The maximum Gasteiger partial charge on any atom is 0.391 e. The van der Waals surface area contributed by atoms with Crippen molar-refractivity contribution in [2.75, 3.05) is 0 Å². The first-order valence-corrected chi connectivity index (χ1v) is 17.0. The quantitative estimate of drug-likeness (QED) is 0.154. The van der Waals surface area contributed by atoms with Gasteiger partial charge in [0.25, 0.3) is 0 Å². The smallest absolute Gasteiger partial charge is 0.391 e. The molecule has 0 saturated carbocycles. The molecule has 1 unspecified atom stereocenters. The second kappa shape index (κ2) is 14.5. The molecule has 0 heterocycles. The molecule has 2 N–H and O–H groups in total. The Morgan fingerprint density at radius 3 is 1.83 bits per heavy atom. The maximum atomic E-state index is 9.92. The summed E-state index contributed by atoms with van der Waals surface area (Å²) in [5.74, 6) is 0.608. The Balaban J connectivity index is 2.37. The molecule has 3 nitrogen and oxygen atoms in total. The van der Waals surface area contributed by atoms with Crippen LogP contribution in [0, 0.1) is 0 Å². The fourth-order valence-electron chi connectivity index (χ4n) is 6.13. The molecule has 42 heavy (non-hydrogen) atoms. The number of unbranched alkanes of at least 4 members (excludes halogenated alkanes) is 5. The zero-order chi connectivity index (χ0) is 31.1. The van der Waals surface area contributed by atoms with Gasteiger partial charge in [-0.1, -0.05) is 162 Å². The number of rotatable bonds is 13. The molecule has 0 saturated heterocycles. The first kappa shape index (κ1) is 34.3. The summed E-state index contributed by atoms with van der Waals surface area (Å²) < 4.78 is 5.70. The molecule has 0 amide bonds. The number of hydrogen-bond acceptors (Lipinski definition) is 3. The van der Waals surface area contributed by atoms with Crippen molar-refractivity contribution in [3.05, 3.63) is 100 Å². The lowest BCUT2D eigenvalue weighted by molar-refractivity contribution is 0.372. The van der Waals surface area contributed by atoms with Crippen LogP contribution in [0.4, 0.5) is 0 Å². The standard InChI is InChI=1S/C38H55O3P/c1-10-11-12-13-14-18-24-31(30-23-19-20-25-34(30)41-42(39)40)35-32(37(5,6)7)26-29(36(2,3)4)27-33(35)38(8,9)28-21-16-15-17-22-28/h15-17,19-23,25-27,31,39-40H,10-14,18,24H2,1-9H3. The van der Waals surface area contributed by atoms with E-state index in [9.17, 15) is 9.79 Å². The molecule has 4 heteroatoms. The van der Waals surface area contributed by atoms with E-state index in [1.54, 1.807) is 0 Å². The molecule has 3 rings (SSSR count). The van der Waals surface area contributed by atoms with Crippen molar-refractivity contribution in [2.45, 2.75) is 129 Å². The predicted octanol–water partition coefficient (Wildman–Crippen LogP) is 11.1. The van der Waals surface area contributed by atoms with Crippen molar-refractivity contribution < 1.29 is 14.3 Å². The van der Waals surface area contributed by atoms with Crippen LogP contribution in [-0.2, 0) is 16.2 Å². The molecule has 0 aromatic heterocycles. The van der Waals surface area contributed by atoms with Crippen molar-refractivity contribution >= 4 is 8.60 Å². The SMILES string of the molecule is CCCCCCCCC(c1ccccc1OP(O)O)c1c(C(C)(C)C)cc(C(C)(C)C)cc1C(C)(C)c1ccccc1. The Bertz CT molecular complexity index is 1270. The van der Waals surface area contributed by atoms with Gasteiger partial charge in [-0.3, -0.25) is 0 Å². The van der Waals surface area contributed by atoms with E-state index < -0.39 is 8.60 Å². The van der Waals surface area contributed by atoms with Gasteiger partial charge in [-0.2, -0.15) is 0 Å². The molecule has 0 radical (unpaired) electrons. The minimum Gasteiger partial charge on any atom is -0.427 e. The van der Waals surface area contributed by atoms with Crippen LogP contribution in [0.15, 0.2) is 66.7 Å². The summed E-state index contributed by atoms with van der Waals surface area (Å²) in [6.07, 6.45) is 8.31. The highest BCUT2D eigenvalue weighted by Crippen LogP contribution is 2.49. The summed E-state index contributed by atoms with van der Waals surface area (Å²) in [5.41, 5.74) is 7.33. The molecule has 0 spiro atoms. The van der Waals surface area contributed by atoms with Gasteiger partial charge in [0.1, 0.15) is 5.75 Å². The van der Waals surface area contributed by atoms with Crippen LogP contribution >= 0.6 is 8.60 Å². The van der Waals surface area contributed by atoms with Crippen LogP contribution in [0.2, 0.25) is 0 Å². The van der Waals surface area contributed by atoms with Crippen molar-refractivity contribution in [2.24, 2.45) is 0 Å². The highest BCUT2D eigenvalue weighted by Gasteiger charge is 2.36. The normalized spacial score (nSPS) is 13.4. The number of hydrogen-bond donors (Lipinski definition) is 2. The third kappa shape index (κ3) is 8.68. The summed E-state index contributed by atoms with van der Waals surface area (Å²) in [4.78, 5) is 19.8. The van der Waals surface area contributed by atoms with E-state index in [0.29, 0.717) is 5.75 Å². The average molecular weight is 591 g/mol. The Hall–Kier alpha value is -2.19. The predicted molar refractivity (Wildman–Crippen MR) is 181 cm³/mol. The lowest BCUT2D eigenvalue weighted by Crippen LogP contribution is -2.28. The third-order valence-corrected chi connectivity index (χ3v) is 9.05. The minimum absolute atomic E-state index is 0.0144. The third-order valence-electron chi connectivity index (χ3n) is 8.69. The van der Waals surface area contributed by atoms with E-state index in [0.717, 1.165) is 18.4 Å². The van der Waals surface area contributed by atoms with E-state index in [1.807, 2.05) is 12.1 Å². The largest absolute Gasteiger partial charge is 0.427 e. The van der Waals surface area contributed by atoms with E-state index in [1.165, 1.54) is 59.9 Å². The molecule has 0 aliphatic heterocycles. The van der Waals surface area contributed by atoms with Gasteiger partial charge < -0.3 is 14.3 Å². The number of benzene rings is 3. The Labute approximate surface area is 257 Å². The molecule has 3 aromatic carbocycles. The van der Waals surface area contributed by atoms with Gasteiger partial charge in [-0.15, -0.1) is 0 Å². The first-order valence-electron chi connectivity index (χ1n) is 15.9. The molecule has 1 atom stereocenters. The molecule has 0 aliphatic rings. The van der Waals surface area contributed by atoms with Crippen LogP contribution in [-0.4, -0.2) is 9.79 Å². The fourth-order valence-corrected chi connectivity index (χ4v) is 6.48. The van der Waals surface area contributed by atoms with Gasteiger partial charge in [-0.05, 0) is 51.1 Å². The first-order chi connectivity index (χ1) is 19.7. The van der Waals surface area contributed by atoms with E-state index in [4.69, 9.17) is 4.52 Å². The molecule has 230 valence electrons. The van der Waals surface area contributed by atoms with Crippen LogP contribution in [0.1, 0.15) is 147 Å². The molecule has 0 aliphatic carbocycles.